The van der Waals surface area contributed by atoms with Gasteiger partial charge in [-0.25, -0.2) is 4.39 Å². The second-order valence-corrected chi connectivity index (χ2v) is 4.08. The van der Waals surface area contributed by atoms with Crippen LogP contribution in [-0.2, 0) is 15.0 Å². The van der Waals surface area contributed by atoms with E-state index in [1.165, 1.54) is 18.2 Å². The van der Waals surface area contributed by atoms with Gasteiger partial charge < -0.3 is 5.11 Å². The molecule has 0 saturated heterocycles. The van der Waals surface area contributed by atoms with Crippen molar-refractivity contribution in [2.75, 3.05) is 0 Å². The quantitative estimate of drug-likeness (QED) is 0.831. The van der Waals surface area contributed by atoms with Crippen LogP contribution in [0.15, 0.2) is 24.3 Å². The van der Waals surface area contributed by atoms with E-state index < -0.39 is 17.2 Å². The molecule has 16 heavy (non-hydrogen) atoms. The van der Waals surface area contributed by atoms with Crippen molar-refractivity contribution in [3.8, 4) is 0 Å². The first-order valence-electron chi connectivity index (χ1n) is 5.06. The van der Waals surface area contributed by atoms with E-state index in [2.05, 4.69) is 0 Å². The SMILES string of the molecule is O=C1CCC(C(=O)O)(c2ccccc2F)C1. The van der Waals surface area contributed by atoms with Gasteiger partial charge in [-0.05, 0) is 12.5 Å². The van der Waals surface area contributed by atoms with Crippen molar-refractivity contribution in [2.24, 2.45) is 0 Å². The number of carbonyl (C=O) groups is 2. The maximum absolute atomic E-state index is 13.6. The first-order valence-corrected chi connectivity index (χ1v) is 5.06. The van der Waals surface area contributed by atoms with E-state index in [0.29, 0.717) is 0 Å². The molecule has 1 unspecified atom stereocenters. The van der Waals surface area contributed by atoms with Crippen molar-refractivity contribution < 1.29 is 19.1 Å². The molecule has 0 amide bonds. The van der Waals surface area contributed by atoms with E-state index in [0.717, 1.165) is 0 Å². The van der Waals surface area contributed by atoms with Crippen LogP contribution in [0.5, 0.6) is 0 Å². The summed E-state index contributed by atoms with van der Waals surface area (Å²) in [4.78, 5) is 22.6. The van der Waals surface area contributed by atoms with Gasteiger partial charge in [0.05, 0.1) is 0 Å². The molecule has 1 aromatic carbocycles. The lowest BCUT2D eigenvalue weighted by molar-refractivity contribution is -0.144. The number of Topliss-reactive ketones (excluding diaryl/α,β-unsaturated/α-hetero) is 1. The van der Waals surface area contributed by atoms with Crippen LogP contribution in [-0.4, -0.2) is 16.9 Å². The average Bonchev–Trinajstić information content (AvgIpc) is 2.62. The molecule has 3 nitrogen and oxygen atoms in total. The standard InChI is InChI=1S/C12H11FO3/c13-10-4-2-1-3-9(10)12(11(15)16)6-5-8(14)7-12/h1-4H,5-7H2,(H,15,16). The third kappa shape index (κ3) is 1.50. The van der Waals surface area contributed by atoms with E-state index in [4.69, 9.17) is 0 Å². The van der Waals surface area contributed by atoms with Crippen LogP contribution in [0.2, 0.25) is 0 Å². The van der Waals surface area contributed by atoms with Gasteiger partial charge in [-0.3, -0.25) is 9.59 Å². The number of carbonyl (C=O) groups excluding carboxylic acids is 1. The van der Waals surface area contributed by atoms with Crippen molar-refractivity contribution in [2.45, 2.75) is 24.7 Å². The predicted octanol–water partition coefficient (Wildman–Crippen LogP) is 1.90. The van der Waals surface area contributed by atoms with Crippen LogP contribution in [0.1, 0.15) is 24.8 Å². The maximum atomic E-state index is 13.6. The number of hydrogen-bond donors (Lipinski definition) is 1. The number of carboxylic acids is 1. The molecule has 1 N–H and O–H groups in total. The topological polar surface area (TPSA) is 54.4 Å². The lowest BCUT2D eigenvalue weighted by Crippen LogP contribution is -2.34. The predicted molar refractivity (Wildman–Crippen MR) is 54.6 cm³/mol. The normalized spacial score (nSPS) is 24.7. The van der Waals surface area contributed by atoms with Gasteiger partial charge in [0, 0.05) is 18.4 Å². The Bertz CT molecular complexity index is 455. The molecule has 1 fully saturated rings. The van der Waals surface area contributed by atoms with Gasteiger partial charge in [-0.1, -0.05) is 18.2 Å². The number of rotatable bonds is 2. The number of ketones is 1. The first kappa shape index (κ1) is 10.8. The highest BCUT2D eigenvalue weighted by Gasteiger charge is 2.47. The third-order valence-corrected chi connectivity index (χ3v) is 3.13. The molecule has 1 aliphatic carbocycles. The van der Waals surface area contributed by atoms with E-state index in [1.54, 1.807) is 6.07 Å². The van der Waals surface area contributed by atoms with E-state index in [1.807, 2.05) is 0 Å². The van der Waals surface area contributed by atoms with Gasteiger partial charge in [0.25, 0.3) is 0 Å². The minimum atomic E-state index is -1.36. The molecule has 0 aromatic heterocycles. The van der Waals surface area contributed by atoms with Gasteiger partial charge in [-0.15, -0.1) is 0 Å². The van der Waals surface area contributed by atoms with Gasteiger partial charge in [0.1, 0.15) is 17.0 Å². The number of aliphatic carboxylic acids is 1. The van der Waals surface area contributed by atoms with Crippen molar-refractivity contribution in [1.82, 2.24) is 0 Å². The van der Waals surface area contributed by atoms with E-state index >= 15 is 0 Å². The molecule has 1 atom stereocenters. The zero-order valence-corrected chi connectivity index (χ0v) is 8.57. The summed E-state index contributed by atoms with van der Waals surface area (Å²) < 4.78 is 13.6. The summed E-state index contributed by atoms with van der Waals surface area (Å²) in [5.41, 5.74) is -1.24. The Balaban J connectivity index is 2.53. The maximum Gasteiger partial charge on any atom is 0.314 e. The zero-order valence-electron chi connectivity index (χ0n) is 8.57. The summed E-state index contributed by atoms with van der Waals surface area (Å²) in [6.45, 7) is 0. The van der Waals surface area contributed by atoms with Crippen LogP contribution >= 0.6 is 0 Å². The van der Waals surface area contributed by atoms with Gasteiger partial charge in [-0.2, -0.15) is 0 Å². The molecule has 0 aliphatic heterocycles. The minimum absolute atomic E-state index is 0.108. The number of benzene rings is 1. The van der Waals surface area contributed by atoms with E-state index in [9.17, 15) is 19.1 Å². The lowest BCUT2D eigenvalue weighted by atomic mass is 9.78. The second kappa shape index (κ2) is 3.70. The Hall–Kier alpha value is -1.71. The van der Waals surface area contributed by atoms with Gasteiger partial charge in [0.15, 0.2) is 0 Å². The highest BCUT2D eigenvalue weighted by atomic mass is 19.1. The van der Waals surface area contributed by atoms with Crippen molar-refractivity contribution >= 4 is 11.8 Å². The Labute approximate surface area is 91.9 Å². The molecule has 84 valence electrons. The zero-order chi connectivity index (χ0) is 11.8. The highest BCUT2D eigenvalue weighted by molar-refractivity contribution is 5.94. The summed E-state index contributed by atoms with van der Waals surface area (Å²) in [7, 11) is 0. The molecular formula is C12H11FO3. The molecule has 1 aliphatic rings. The Kier molecular flexibility index (Phi) is 2.50. The van der Waals surface area contributed by atoms with Crippen LogP contribution in [0.25, 0.3) is 0 Å². The van der Waals surface area contributed by atoms with Crippen LogP contribution < -0.4 is 0 Å². The number of halogens is 1. The van der Waals surface area contributed by atoms with Crippen LogP contribution in [0.3, 0.4) is 0 Å². The minimum Gasteiger partial charge on any atom is -0.481 e. The molecule has 0 radical (unpaired) electrons. The fourth-order valence-corrected chi connectivity index (χ4v) is 2.24. The Morgan fingerprint density at radius 1 is 1.38 bits per heavy atom. The summed E-state index contributed by atoms with van der Waals surface area (Å²) in [6, 6.07) is 5.77. The Morgan fingerprint density at radius 3 is 2.56 bits per heavy atom. The first-order chi connectivity index (χ1) is 7.56. The monoisotopic (exact) mass is 222 g/mol. The largest absolute Gasteiger partial charge is 0.481 e. The number of hydrogen-bond acceptors (Lipinski definition) is 2. The summed E-state index contributed by atoms with van der Waals surface area (Å²) in [5, 5.41) is 9.24. The fourth-order valence-electron chi connectivity index (χ4n) is 2.24. The highest BCUT2D eigenvalue weighted by Crippen LogP contribution is 2.40. The fraction of sp³-hybridized carbons (Fsp3) is 0.333. The van der Waals surface area contributed by atoms with Crippen LogP contribution in [0.4, 0.5) is 4.39 Å². The average molecular weight is 222 g/mol. The molecule has 0 bridgehead atoms. The molecular weight excluding hydrogens is 211 g/mol. The van der Waals surface area contributed by atoms with Crippen molar-refractivity contribution in [3.63, 3.8) is 0 Å². The molecule has 1 saturated carbocycles. The van der Waals surface area contributed by atoms with Crippen molar-refractivity contribution in [1.29, 1.82) is 0 Å². The summed E-state index contributed by atoms with van der Waals surface area (Å²) >= 11 is 0. The molecule has 2 rings (SSSR count). The molecule has 0 spiro atoms. The second-order valence-electron chi connectivity index (χ2n) is 4.08. The molecule has 0 heterocycles. The molecule has 4 heteroatoms. The Morgan fingerprint density at radius 2 is 2.06 bits per heavy atom. The van der Waals surface area contributed by atoms with Gasteiger partial charge >= 0.3 is 5.97 Å². The summed E-state index contributed by atoms with van der Waals surface area (Å²) in [6.07, 6.45) is 0.284. The van der Waals surface area contributed by atoms with Crippen LogP contribution in [0, 0.1) is 5.82 Å². The third-order valence-electron chi connectivity index (χ3n) is 3.13. The molecule has 1 aromatic rings. The van der Waals surface area contributed by atoms with Crippen molar-refractivity contribution in [3.05, 3.63) is 35.6 Å². The smallest absolute Gasteiger partial charge is 0.314 e. The van der Waals surface area contributed by atoms with E-state index in [-0.39, 0.29) is 30.6 Å². The number of carboxylic acid groups (broad SMARTS) is 1. The summed E-state index contributed by atoms with van der Waals surface area (Å²) in [5.74, 6) is -1.80. The lowest BCUT2D eigenvalue weighted by Gasteiger charge is -2.23. The van der Waals surface area contributed by atoms with Gasteiger partial charge in [0.2, 0.25) is 0 Å².